The summed E-state index contributed by atoms with van der Waals surface area (Å²) in [7, 11) is 0. The van der Waals surface area contributed by atoms with Gasteiger partial charge < -0.3 is 35.4 Å². The molecule has 33 heteroatoms. The maximum absolute atomic E-state index is 13.3. The lowest BCUT2D eigenvalue weighted by atomic mass is 10.0. The van der Waals surface area contributed by atoms with E-state index in [2.05, 4.69) is 0 Å². The Morgan fingerprint density at radius 1 is 0.459 bits per heavy atom. The molecule has 0 fully saturated rings. The van der Waals surface area contributed by atoms with Crippen molar-refractivity contribution in [2.24, 2.45) is 0 Å². The number of carbonyl (C=O) groups excluding carboxylic acids is 2. The van der Waals surface area contributed by atoms with Crippen LogP contribution in [0.2, 0.25) is 0 Å². The van der Waals surface area contributed by atoms with Crippen LogP contribution < -0.4 is 0 Å². The van der Waals surface area contributed by atoms with Crippen LogP contribution in [-0.4, -0.2) is 91.7 Å². The van der Waals surface area contributed by atoms with Crippen LogP contribution in [0.3, 0.4) is 0 Å². The van der Waals surface area contributed by atoms with Gasteiger partial charge in [0.1, 0.15) is 6.10 Å². The van der Waals surface area contributed by atoms with E-state index >= 15 is 0 Å². The molecule has 4 rings (SSSR count). The van der Waals surface area contributed by atoms with E-state index < -0.39 is 143 Å². The van der Waals surface area contributed by atoms with Gasteiger partial charge in [-0.1, -0.05) is 53.0 Å². The summed E-state index contributed by atoms with van der Waals surface area (Å²) < 4.78 is 240. The predicted molar refractivity (Wildman–Crippen MR) is 274 cm³/mol. The fourth-order valence-corrected chi connectivity index (χ4v) is 8.16. The largest absolute Gasteiger partial charge is 0.481 e. The first-order chi connectivity index (χ1) is 37.0. The molecular weight excluding hydrogens is 1240 g/mol. The highest BCUT2D eigenvalue weighted by molar-refractivity contribution is 7.99. The molecule has 0 aliphatic carbocycles. The van der Waals surface area contributed by atoms with Crippen molar-refractivity contribution < 1.29 is 143 Å². The van der Waals surface area contributed by atoms with E-state index in [1.165, 1.54) is 26.0 Å². The summed E-state index contributed by atoms with van der Waals surface area (Å²) in [5.74, 6) is -3.51. The molecule has 4 aromatic rings. The average Bonchev–Trinajstić information content (AvgIpc) is 3.50. The second-order valence-electron chi connectivity index (χ2n) is 16.4. The summed E-state index contributed by atoms with van der Waals surface area (Å²) in [6, 6.07) is 7.33. The van der Waals surface area contributed by atoms with E-state index in [1.54, 1.807) is 0 Å². The molecule has 4 aromatic carbocycles. The summed E-state index contributed by atoms with van der Waals surface area (Å²) in [5, 5.41) is 54.8. The number of carboxylic acids is 2. The van der Waals surface area contributed by atoms with Crippen molar-refractivity contribution >= 4 is 41.6 Å². The fourth-order valence-electron chi connectivity index (χ4n) is 6.18. The molecule has 0 aliphatic heterocycles. The Morgan fingerprint density at radius 2 is 0.729 bits per heavy atom. The SMILES string of the molecule is C.C.C.C.Cc1cc(C(O)CSCC(O)c2cc(C(F)(F)F)cc(C(F)(F)F)c2)cc(C(F)(F)F)c1.Cc1cc(C(O)CSCC(OOCOCCC(=O)O)c2cc(C(F)(F)F)cc(C(F)(F)F)c2)cc(C(F)(F)F)c1.O=C(O)CCO.O=C=O. The zero-order valence-corrected chi connectivity index (χ0v) is 42.9. The monoisotopic (exact) mass is 1300 g/mol. The summed E-state index contributed by atoms with van der Waals surface area (Å²) in [6.45, 7) is 1.46. The number of halogens is 18. The molecule has 0 heterocycles. The number of aryl methyl sites for hydroxylation is 2. The van der Waals surface area contributed by atoms with Crippen LogP contribution in [0, 0.1) is 13.8 Å². The molecule has 486 valence electrons. The van der Waals surface area contributed by atoms with Gasteiger partial charge in [0.15, 0.2) is 6.79 Å². The lowest BCUT2D eigenvalue weighted by Crippen LogP contribution is -2.16. The number of hydrogen-bond acceptors (Lipinski definition) is 13. The number of hydrogen-bond donors (Lipinski definition) is 6. The van der Waals surface area contributed by atoms with Crippen molar-refractivity contribution in [3.8, 4) is 0 Å². The average molecular weight is 1300 g/mol. The van der Waals surface area contributed by atoms with Crippen molar-refractivity contribution in [3.05, 3.63) is 140 Å². The van der Waals surface area contributed by atoms with Crippen LogP contribution in [0.1, 0.15) is 134 Å². The molecule has 4 unspecified atom stereocenters. The fraction of sp³-hybridized carbons (Fsp3) is 0.481. The number of aliphatic hydroxyl groups excluding tert-OH is 4. The number of thioether (sulfide) groups is 2. The first kappa shape index (κ1) is 85.8. The molecule has 0 bridgehead atoms. The molecule has 13 nitrogen and oxygen atoms in total. The normalized spacial score (nSPS) is 13.0. The minimum Gasteiger partial charge on any atom is -0.481 e. The highest BCUT2D eigenvalue weighted by Crippen LogP contribution is 2.41. The first-order valence-electron chi connectivity index (χ1n) is 22.1. The maximum Gasteiger partial charge on any atom is 0.416 e. The summed E-state index contributed by atoms with van der Waals surface area (Å²) in [5.41, 5.74) is -9.30. The highest BCUT2D eigenvalue weighted by Gasteiger charge is 2.40. The standard InChI is InChI=1S/C24H23F9O6S.C20H17F9O2S.C3H6O3.CO2.4CH4/c1-13-4-14(6-16(5-13)22(25,26)27)19(34)10-40-11-20(39-38-12-37-3-2-21(35)36)15-7-17(23(28,29)30)9-18(8-15)24(31,32)33;1-10-2-11(4-13(3-10)18(21,22)23)16(30)8-32-9-17(31)12-5-14(19(24,25)26)7-15(6-12)20(27,28)29;4-2-1-3(5)6;2-1-3;;;;/h4-9,19-20,34H,2-3,10-12H2,1H3,(H,35,36);2-7,16-17,30-31H,8-9H2,1H3;4H,1-2H2,(H,5,6);;4*1H4. The third kappa shape index (κ3) is 32.6. The van der Waals surface area contributed by atoms with Crippen molar-refractivity contribution in [3.63, 3.8) is 0 Å². The predicted octanol–water partition coefficient (Wildman–Crippen LogP) is 14.9. The molecule has 0 spiro atoms. The quantitative estimate of drug-likeness (QED) is 0.0150. The zero-order chi connectivity index (χ0) is 62.5. The van der Waals surface area contributed by atoms with E-state index in [9.17, 15) is 104 Å². The van der Waals surface area contributed by atoms with Crippen LogP contribution in [0.15, 0.2) is 72.8 Å². The lowest BCUT2D eigenvalue weighted by Gasteiger charge is -2.21. The van der Waals surface area contributed by atoms with E-state index in [4.69, 9.17) is 39.4 Å². The lowest BCUT2D eigenvalue weighted by molar-refractivity contribution is -0.359. The Balaban J connectivity index is -0.000000657. The van der Waals surface area contributed by atoms with Crippen LogP contribution in [0.5, 0.6) is 0 Å². The second-order valence-corrected chi connectivity index (χ2v) is 18.5. The van der Waals surface area contributed by atoms with Crippen LogP contribution in [0.25, 0.3) is 0 Å². The van der Waals surface area contributed by atoms with Gasteiger partial charge in [-0.05, 0) is 96.8 Å². The van der Waals surface area contributed by atoms with Gasteiger partial charge in [0, 0.05) is 23.0 Å². The molecule has 85 heavy (non-hydrogen) atoms. The smallest absolute Gasteiger partial charge is 0.416 e. The van der Waals surface area contributed by atoms with E-state index in [-0.39, 0.29) is 101 Å². The second kappa shape index (κ2) is 37.8. The Kier molecular flexibility index (Phi) is 38.2. The molecule has 0 saturated carbocycles. The molecular formula is C52H62F18O13S2. The molecule has 0 aromatic heterocycles. The van der Waals surface area contributed by atoms with E-state index in [0.29, 0.717) is 24.3 Å². The Hall–Kier alpha value is -5.64. The van der Waals surface area contributed by atoms with Gasteiger partial charge in [-0.2, -0.15) is 112 Å². The number of carboxylic acid groups (broad SMARTS) is 2. The number of aliphatic carboxylic acids is 2. The first-order valence-corrected chi connectivity index (χ1v) is 24.4. The Morgan fingerprint density at radius 3 is 1.00 bits per heavy atom. The Bertz CT molecular complexity index is 2590. The summed E-state index contributed by atoms with van der Waals surface area (Å²) in [6.07, 6.45) is -36.3. The summed E-state index contributed by atoms with van der Waals surface area (Å²) in [4.78, 5) is 45.9. The molecule has 0 aliphatic rings. The number of rotatable bonds is 21. The molecule has 0 radical (unpaired) electrons. The highest BCUT2D eigenvalue weighted by atomic mass is 32.2. The van der Waals surface area contributed by atoms with Crippen LogP contribution in [-0.2, 0) is 70.7 Å². The van der Waals surface area contributed by atoms with Gasteiger partial charge in [-0.3, -0.25) is 9.59 Å². The third-order valence-corrected chi connectivity index (χ3v) is 12.0. The zero-order valence-electron chi connectivity index (χ0n) is 41.3. The van der Waals surface area contributed by atoms with Gasteiger partial charge in [-0.25, -0.2) is 9.78 Å². The molecule has 0 amide bonds. The maximum atomic E-state index is 13.3. The van der Waals surface area contributed by atoms with Gasteiger partial charge >= 0.3 is 55.1 Å². The van der Waals surface area contributed by atoms with Crippen LogP contribution >= 0.6 is 23.5 Å². The van der Waals surface area contributed by atoms with Gasteiger partial charge in [0.25, 0.3) is 0 Å². The van der Waals surface area contributed by atoms with E-state index in [0.717, 1.165) is 47.8 Å². The van der Waals surface area contributed by atoms with Crippen molar-refractivity contribution in [2.75, 3.05) is 43.0 Å². The molecule has 4 atom stereocenters. The molecule has 6 N–H and O–H groups in total. The van der Waals surface area contributed by atoms with Gasteiger partial charge in [-0.15, -0.1) is 0 Å². The molecule has 0 saturated heterocycles. The number of carbonyl (C=O) groups is 2. The minimum absolute atomic E-state index is 0. The van der Waals surface area contributed by atoms with Crippen LogP contribution in [0.4, 0.5) is 79.0 Å². The topological polar surface area (TPSA) is 217 Å². The van der Waals surface area contributed by atoms with Crippen molar-refractivity contribution in [2.45, 2.75) is 118 Å². The van der Waals surface area contributed by atoms with E-state index in [1.807, 2.05) is 0 Å². The number of aliphatic hydroxyl groups is 4. The third-order valence-electron chi connectivity index (χ3n) is 9.80. The number of benzene rings is 4. The minimum atomic E-state index is -5.15. The Labute approximate surface area is 484 Å². The van der Waals surface area contributed by atoms with Crippen molar-refractivity contribution in [1.82, 2.24) is 0 Å². The summed E-state index contributed by atoms with van der Waals surface area (Å²) >= 11 is 1.52. The van der Waals surface area contributed by atoms with Crippen molar-refractivity contribution in [1.29, 1.82) is 0 Å². The number of ether oxygens (including phenoxy) is 1. The van der Waals surface area contributed by atoms with Gasteiger partial charge in [0.05, 0.1) is 77.7 Å². The van der Waals surface area contributed by atoms with Gasteiger partial charge in [0.2, 0.25) is 0 Å². The number of alkyl halides is 18.